The van der Waals surface area contributed by atoms with Gasteiger partial charge in [0.1, 0.15) is 11.6 Å². The van der Waals surface area contributed by atoms with Gasteiger partial charge in [-0.25, -0.2) is 0 Å². The standard InChI is InChI=1S/C19H17ClN4O3/c1-12(2)15-5-3-4-6-17(15)22-11-13(10-21)19(25)23-18-9-14(24(26)27)7-8-16(18)20/h3-9,11-12,22H,1-2H3,(H,23,25)/b13-11-. The van der Waals surface area contributed by atoms with Crippen LogP contribution in [0.25, 0.3) is 0 Å². The average Bonchev–Trinajstić information content (AvgIpc) is 2.64. The summed E-state index contributed by atoms with van der Waals surface area (Å²) in [5, 5.41) is 25.7. The number of non-ortho nitro benzene ring substituents is 1. The zero-order valence-corrected chi connectivity index (χ0v) is 15.4. The maximum Gasteiger partial charge on any atom is 0.271 e. The van der Waals surface area contributed by atoms with E-state index in [0.717, 1.165) is 17.3 Å². The molecule has 2 aromatic rings. The highest BCUT2D eigenvalue weighted by Crippen LogP contribution is 2.27. The lowest BCUT2D eigenvalue weighted by Gasteiger charge is -2.12. The second kappa shape index (κ2) is 8.83. The van der Waals surface area contributed by atoms with Crippen LogP contribution in [0.2, 0.25) is 5.02 Å². The molecule has 8 heteroatoms. The molecule has 0 aliphatic rings. The monoisotopic (exact) mass is 384 g/mol. The predicted molar refractivity (Wildman–Crippen MR) is 105 cm³/mol. The number of rotatable bonds is 6. The Morgan fingerprint density at radius 2 is 1.96 bits per heavy atom. The van der Waals surface area contributed by atoms with E-state index in [-0.39, 0.29) is 27.9 Å². The van der Waals surface area contributed by atoms with Crippen LogP contribution in [-0.4, -0.2) is 10.8 Å². The Labute approximate surface area is 161 Å². The largest absolute Gasteiger partial charge is 0.360 e. The van der Waals surface area contributed by atoms with Gasteiger partial charge in [0.25, 0.3) is 11.6 Å². The molecule has 0 aliphatic carbocycles. The number of hydrogen-bond acceptors (Lipinski definition) is 5. The van der Waals surface area contributed by atoms with Gasteiger partial charge in [0.15, 0.2) is 0 Å². The topological polar surface area (TPSA) is 108 Å². The lowest BCUT2D eigenvalue weighted by molar-refractivity contribution is -0.384. The van der Waals surface area contributed by atoms with E-state index in [0.29, 0.717) is 0 Å². The molecule has 7 nitrogen and oxygen atoms in total. The quantitative estimate of drug-likeness (QED) is 0.321. The van der Waals surface area contributed by atoms with Crippen molar-refractivity contribution in [1.29, 1.82) is 5.26 Å². The summed E-state index contributed by atoms with van der Waals surface area (Å²) in [5.74, 6) is -0.473. The average molecular weight is 385 g/mol. The summed E-state index contributed by atoms with van der Waals surface area (Å²) in [6.07, 6.45) is 1.29. The van der Waals surface area contributed by atoms with Crippen molar-refractivity contribution < 1.29 is 9.72 Å². The molecule has 0 radical (unpaired) electrons. The number of nitrogens with one attached hydrogen (secondary N) is 2. The maximum absolute atomic E-state index is 12.3. The van der Waals surface area contributed by atoms with Crippen LogP contribution >= 0.6 is 11.6 Å². The third-order valence-corrected chi connectivity index (χ3v) is 4.06. The Kier molecular flexibility index (Phi) is 6.52. The Hall–Kier alpha value is -3.37. The molecule has 0 atom stereocenters. The Morgan fingerprint density at radius 3 is 2.59 bits per heavy atom. The van der Waals surface area contributed by atoms with Crippen LogP contribution in [-0.2, 0) is 4.79 Å². The first kappa shape index (κ1) is 19.9. The lowest BCUT2D eigenvalue weighted by Crippen LogP contribution is -2.15. The second-order valence-corrected chi connectivity index (χ2v) is 6.34. The lowest BCUT2D eigenvalue weighted by atomic mass is 10.0. The van der Waals surface area contributed by atoms with E-state index >= 15 is 0 Å². The molecule has 0 aliphatic heterocycles. The van der Waals surface area contributed by atoms with Gasteiger partial charge in [-0.2, -0.15) is 5.26 Å². The molecule has 27 heavy (non-hydrogen) atoms. The van der Waals surface area contributed by atoms with Crippen molar-refractivity contribution in [1.82, 2.24) is 0 Å². The van der Waals surface area contributed by atoms with Gasteiger partial charge in [-0.1, -0.05) is 43.6 Å². The van der Waals surface area contributed by atoms with Gasteiger partial charge < -0.3 is 10.6 Å². The first-order valence-corrected chi connectivity index (χ1v) is 8.42. The highest BCUT2D eigenvalue weighted by Gasteiger charge is 2.15. The molecule has 0 bridgehead atoms. The van der Waals surface area contributed by atoms with Crippen LogP contribution in [0.3, 0.4) is 0 Å². The molecule has 0 spiro atoms. The molecule has 0 aromatic heterocycles. The minimum absolute atomic E-state index is 0.0552. The van der Waals surface area contributed by atoms with Crippen molar-refractivity contribution in [3.63, 3.8) is 0 Å². The van der Waals surface area contributed by atoms with Crippen molar-refractivity contribution in [2.24, 2.45) is 0 Å². The summed E-state index contributed by atoms with van der Waals surface area (Å²) in [6, 6.07) is 13.0. The van der Waals surface area contributed by atoms with Crippen LogP contribution in [0, 0.1) is 21.4 Å². The van der Waals surface area contributed by atoms with E-state index in [2.05, 4.69) is 10.6 Å². The predicted octanol–water partition coefficient (Wildman–Crippen LogP) is 4.83. The van der Waals surface area contributed by atoms with Crippen molar-refractivity contribution in [3.05, 3.63) is 74.9 Å². The summed E-state index contributed by atoms with van der Waals surface area (Å²) in [7, 11) is 0. The molecule has 0 saturated heterocycles. The maximum atomic E-state index is 12.3. The molecule has 0 fully saturated rings. The Bertz CT molecular complexity index is 948. The number of nitro benzene ring substituents is 1. The fraction of sp³-hybridized carbons (Fsp3) is 0.158. The molecule has 0 unspecified atom stereocenters. The first-order valence-electron chi connectivity index (χ1n) is 8.04. The minimum atomic E-state index is -0.727. The van der Waals surface area contributed by atoms with Crippen molar-refractivity contribution in [2.45, 2.75) is 19.8 Å². The third kappa shape index (κ3) is 5.06. The smallest absolute Gasteiger partial charge is 0.271 e. The second-order valence-electron chi connectivity index (χ2n) is 5.93. The van der Waals surface area contributed by atoms with E-state index in [4.69, 9.17) is 11.6 Å². The van der Waals surface area contributed by atoms with Crippen molar-refractivity contribution in [2.75, 3.05) is 10.6 Å². The molecule has 138 valence electrons. The van der Waals surface area contributed by atoms with Crippen molar-refractivity contribution >= 4 is 34.6 Å². The van der Waals surface area contributed by atoms with E-state index in [1.807, 2.05) is 44.2 Å². The summed E-state index contributed by atoms with van der Waals surface area (Å²) in [4.78, 5) is 22.6. The molecule has 2 N–H and O–H groups in total. The Morgan fingerprint density at radius 1 is 1.26 bits per heavy atom. The highest BCUT2D eigenvalue weighted by molar-refractivity contribution is 6.34. The van der Waals surface area contributed by atoms with Gasteiger partial charge in [-0.05, 0) is 23.6 Å². The van der Waals surface area contributed by atoms with Crippen LogP contribution in [0.15, 0.2) is 54.2 Å². The third-order valence-electron chi connectivity index (χ3n) is 3.73. The van der Waals surface area contributed by atoms with E-state index in [1.54, 1.807) is 0 Å². The fourth-order valence-electron chi connectivity index (χ4n) is 2.34. The summed E-state index contributed by atoms with van der Waals surface area (Å²) in [6.45, 7) is 4.07. The van der Waals surface area contributed by atoms with Crippen LogP contribution in [0.1, 0.15) is 25.3 Å². The minimum Gasteiger partial charge on any atom is -0.360 e. The first-order chi connectivity index (χ1) is 12.8. The summed E-state index contributed by atoms with van der Waals surface area (Å²) >= 11 is 5.97. The molecule has 2 rings (SSSR count). The summed E-state index contributed by atoms with van der Waals surface area (Å²) < 4.78 is 0. The molecule has 0 heterocycles. The van der Waals surface area contributed by atoms with E-state index < -0.39 is 10.8 Å². The number of nitriles is 1. The van der Waals surface area contributed by atoms with E-state index in [1.165, 1.54) is 18.3 Å². The number of hydrogen-bond donors (Lipinski definition) is 2. The number of carbonyl (C=O) groups is 1. The van der Waals surface area contributed by atoms with Crippen LogP contribution < -0.4 is 10.6 Å². The van der Waals surface area contributed by atoms with Crippen molar-refractivity contribution in [3.8, 4) is 6.07 Å². The van der Waals surface area contributed by atoms with Crippen LogP contribution in [0.5, 0.6) is 0 Å². The fourth-order valence-corrected chi connectivity index (χ4v) is 2.51. The number of nitrogens with zero attached hydrogens (tertiary/aromatic N) is 2. The number of para-hydroxylation sites is 1. The number of halogens is 1. The number of anilines is 2. The molecular weight excluding hydrogens is 368 g/mol. The van der Waals surface area contributed by atoms with Gasteiger partial charge >= 0.3 is 0 Å². The number of nitro groups is 1. The molecular formula is C19H17ClN4O3. The number of carbonyl (C=O) groups excluding carboxylic acids is 1. The summed E-state index contributed by atoms with van der Waals surface area (Å²) in [5.41, 5.74) is 1.45. The van der Waals surface area contributed by atoms with Gasteiger partial charge in [0, 0.05) is 24.0 Å². The number of amides is 1. The van der Waals surface area contributed by atoms with Gasteiger partial charge in [-0.3, -0.25) is 14.9 Å². The van der Waals surface area contributed by atoms with Crippen LogP contribution in [0.4, 0.5) is 17.1 Å². The molecule has 1 amide bonds. The van der Waals surface area contributed by atoms with E-state index in [9.17, 15) is 20.2 Å². The molecule has 2 aromatic carbocycles. The SMILES string of the molecule is CC(C)c1ccccc1N/C=C(/C#N)C(=O)Nc1cc([N+](=O)[O-])ccc1Cl. The zero-order valence-electron chi connectivity index (χ0n) is 14.7. The Balaban J connectivity index is 2.22. The number of benzene rings is 2. The normalized spacial score (nSPS) is 11.0. The zero-order chi connectivity index (χ0) is 20.0. The molecule has 0 saturated carbocycles. The highest BCUT2D eigenvalue weighted by atomic mass is 35.5. The van der Waals surface area contributed by atoms with Gasteiger partial charge in [-0.15, -0.1) is 0 Å². The van der Waals surface area contributed by atoms with Gasteiger partial charge in [0.2, 0.25) is 0 Å². The van der Waals surface area contributed by atoms with Gasteiger partial charge in [0.05, 0.1) is 15.6 Å².